The predicted octanol–water partition coefficient (Wildman–Crippen LogP) is 2.86. The Kier molecular flexibility index (Phi) is 7.84. The number of amides is 1. The second-order valence-corrected chi connectivity index (χ2v) is 5.05. The molecule has 0 bridgehead atoms. The van der Waals surface area contributed by atoms with Gasteiger partial charge in [0.2, 0.25) is 5.91 Å². The Morgan fingerprint density at radius 2 is 2.15 bits per heavy atom. The van der Waals surface area contributed by atoms with Gasteiger partial charge in [0, 0.05) is 17.9 Å². The number of carbonyl (C=O) groups excluding carboxylic acids is 1. The number of nitrogens with one attached hydrogen (secondary N) is 1. The van der Waals surface area contributed by atoms with Gasteiger partial charge in [-0.25, -0.2) is 0 Å². The molecule has 0 fully saturated rings. The molecule has 1 amide bonds. The second-order valence-electron chi connectivity index (χ2n) is 4.61. The van der Waals surface area contributed by atoms with E-state index in [1.165, 1.54) is 12.8 Å². The summed E-state index contributed by atoms with van der Waals surface area (Å²) in [6.07, 6.45) is 4.55. The van der Waals surface area contributed by atoms with Gasteiger partial charge >= 0.3 is 0 Å². The molecule has 1 rings (SSSR count). The van der Waals surface area contributed by atoms with Crippen molar-refractivity contribution in [3.05, 3.63) is 29.8 Å². The molecule has 0 aromatic heterocycles. The quantitative estimate of drug-likeness (QED) is 0.543. The molecule has 4 nitrogen and oxygen atoms in total. The van der Waals surface area contributed by atoms with Crippen LogP contribution in [-0.4, -0.2) is 24.1 Å². The average Bonchev–Trinajstić information content (AvgIpc) is 2.43. The van der Waals surface area contributed by atoms with E-state index in [-0.39, 0.29) is 12.5 Å². The van der Waals surface area contributed by atoms with Crippen LogP contribution in [0.15, 0.2) is 24.3 Å². The highest BCUT2D eigenvalue weighted by Crippen LogP contribution is 2.10. The molecular weight excluding hydrogens is 272 g/mol. The Labute approximate surface area is 125 Å². The number of benzene rings is 1. The summed E-state index contributed by atoms with van der Waals surface area (Å²) in [4.78, 5) is 12.0. The zero-order valence-electron chi connectivity index (χ0n) is 11.9. The lowest BCUT2D eigenvalue weighted by Gasteiger charge is -2.07. The van der Waals surface area contributed by atoms with Gasteiger partial charge in [0.1, 0.15) is 11.6 Å². The van der Waals surface area contributed by atoms with Crippen molar-refractivity contribution in [3.8, 4) is 0 Å². The lowest BCUT2D eigenvalue weighted by atomic mass is 10.2. The summed E-state index contributed by atoms with van der Waals surface area (Å²) in [5, 5.41) is 2.76. The molecule has 0 saturated carbocycles. The maximum absolute atomic E-state index is 11.7. The van der Waals surface area contributed by atoms with Crippen LogP contribution in [0.3, 0.4) is 0 Å². The number of unbranched alkanes of at least 4 members (excludes halogenated alkanes) is 3. The highest BCUT2D eigenvalue weighted by Gasteiger charge is 2.04. The van der Waals surface area contributed by atoms with Gasteiger partial charge in [0.05, 0.1) is 0 Å². The van der Waals surface area contributed by atoms with E-state index in [2.05, 4.69) is 12.2 Å². The largest absolute Gasteiger partial charge is 0.389 e. The third-order valence-electron chi connectivity index (χ3n) is 2.81. The fourth-order valence-corrected chi connectivity index (χ4v) is 1.87. The van der Waals surface area contributed by atoms with Gasteiger partial charge in [-0.2, -0.15) is 0 Å². The van der Waals surface area contributed by atoms with Crippen LogP contribution < -0.4 is 11.1 Å². The Morgan fingerprint density at radius 3 is 2.85 bits per heavy atom. The van der Waals surface area contributed by atoms with Gasteiger partial charge < -0.3 is 15.8 Å². The highest BCUT2D eigenvalue weighted by molar-refractivity contribution is 7.80. The summed E-state index contributed by atoms with van der Waals surface area (Å²) in [6.45, 7) is 2.86. The fourth-order valence-electron chi connectivity index (χ4n) is 1.74. The van der Waals surface area contributed by atoms with E-state index in [9.17, 15) is 4.79 Å². The predicted molar refractivity (Wildman–Crippen MR) is 85.9 cm³/mol. The fraction of sp³-hybridized carbons (Fsp3) is 0.467. The minimum absolute atomic E-state index is 0.0728. The Morgan fingerprint density at radius 1 is 1.35 bits per heavy atom. The van der Waals surface area contributed by atoms with Gasteiger partial charge in [0.15, 0.2) is 0 Å². The molecule has 0 unspecified atom stereocenters. The topological polar surface area (TPSA) is 64.3 Å². The molecule has 20 heavy (non-hydrogen) atoms. The van der Waals surface area contributed by atoms with E-state index < -0.39 is 0 Å². The van der Waals surface area contributed by atoms with Crippen LogP contribution in [0, 0.1) is 0 Å². The van der Waals surface area contributed by atoms with Gasteiger partial charge in [-0.05, 0) is 18.6 Å². The summed E-state index contributed by atoms with van der Waals surface area (Å²) in [5.41, 5.74) is 6.96. The van der Waals surface area contributed by atoms with E-state index in [0.717, 1.165) is 18.4 Å². The molecule has 0 aliphatic rings. The third-order valence-corrected chi connectivity index (χ3v) is 3.04. The number of hydrogen-bond donors (Lipinski definition) is 2. The van der Waals surface area contributed by atoms with Crippen molar-refractivity contribution in [1.82, 2.24) is 0 Å². The maximum atomic E-state index is 11.7. The van der Waals surface area contributed by atoms with E-state index in [1.54, 1.807) is 18.2 Å². The van der Waals surface area contributed by atoms with E-state index in [4.69, 9.17) is 22.7 Å². The number of carbonyl (C=O) groups is 1. The smallest absolute Gasteiger partial charge is 0.250 e. The van der Waals surface area contributed by atoms with Crippen molar-refractivity contribution in [2.75, 3.05) is 18.5 Å². The minimum atomic E-state index is -0.166. The first kappa shape index (κ1) is 16.6. The van der Waals surface area contributed by atoms with Crippen molar-refractivity contribution < 1.29 is 9.53 Å². The number of anilines is 1. The Balaban J connectivity index is 2.28. The number of ether oxygens (including phenoxy) is 1. The van der Waals surface area contributed by atoms with Crippen LogP contribution in [-0.2, 0) is 9.53 Å². The van der Waals surface area contributed by atoms with Crippen LogP contribution in [0.2, 0.25) is 0 Å². The van der Waals surface area contributed by atoms with Crippen LogP contribution in [0.1, 0.15) is 38.2 Å². The zero-order chi connectivity index (χ0) is 14.8. The number of nitrogens with two attached hydrogens (primary N) is 1. The summed E-state index contributed by atoms with van der Waals surface area (Å²) in [7, 11) is 0. The molecule has 0 aliphatic heterocycles. The Hall–Kier alpha value is -1.46. The molecule has 1 aromatic rings. The zero-order valence-corrected chi connectivity index (χ0v) is 12.7. The SMILES string of the molecule is CCCCCCOCC(=O)Nc1cccc(C(N)=S)c1. The molecule has 0 spiro atoms. The van der Waals surface area contributed by atoms with E-state index in [1.807, 2.05) is 6.07 Å². The van der Waals surface area contributed by atoms with Crippen molar-refractivity contribution in [3.63, 3.8) is 0 Å². The van der Waals surface area contributed by atoms with Gasteiger partial charge in [0.25, 0.3) is 0 Å². The molecule has 110 valence electrons. The first-order valence-electron chi connectivity index (χ1n) is 6.91. The van der Waals surface area contributed by atoms with Crippen LogP contribution >= 0.6 is 12.2 Å². The lowest BCUT2D eigenvalue weighted by molar-refractivity contribution is -0.120. The average molecular weight is 294 g/mol. The van der Waals surface area contributed by atoms with Crippen molar-refractivity contribution in [1.29, 1.82) is 0 Å². The minimum Gasteiger partial charge on any atom is -0.389 e. The molecule has 0 aliphatic carbocycles. The first-order chi connectivity index (χ1) is 9.63. The molecule has 0 atom stereocenters. The lowest BCUT2D eigenvalue weighted by Crippen LogP contribution is -2.19. The molecule has 0 radical (unpaired) electrons. The Bertz CT molecular complexity index is 449. The van der Waals surface area contributed by atoms with Gasteiger partial charge in [-0.1, -0.05) is 50.5 Å². The number of hydrogen-bond acceptors (Lipinski definition) is 3. The summed E-state index contributed by atoms with van der Waals surface area (Å²) in [5.74, 6) is -0.166. The van der Waals surface area contributed by atoms with Crippen LogP contribution in [0.4, 0.5) is 5.69 Å². The second kappa shape index (κ2) is 9.44. The van der Waals surface area contributed by atoms with Gasteiger partial charge in [-0.3, -0.25) is 4.79 Å². The molecule has 0 saturated heterocycles. The highest BCUT2D eigenvalue weighted by atomic mass is 32.1. The molecule has 3 N–H and O–H groups in total. The molecule has 0 heterocycles. The van der Waals surface area contributed by atoms with Crippen molar-refractivity contribution in [2.24, 2.45) is 5.73 Å². The van der Waals surface area contributed by atoms with E-state index >= 15 is 0 Å². The molecule has 5 heteroatoms. The van der Waals surface area contributed by atoms with E-state index in [0.29, 0.717) is 17.3 Å². The summed E-state index contributed by atoms with van der Waals surface area (Å²) >= 11 is 4.90. The van der Waals surface area contributed by atoms with Gasteiger partial charge in [-0.15, -0.1) is 0 Å². The summed E-state index contributed by atoms with van der Waals surface area (Å²) in [6, 6.07) is 7.15. The first-order valence-corrected chi connectivity index (χ1v) is 7.31. The normalized spacial score (nSPS) is 10.2. The van der Waals surface area contributed by atoms with Crippen LogP contribution in [0.25, 0.3) is 0 Å². The molecule has 1 aromatic carbocycles. The summed E-state index contributed by atoms with van der Waals surface area (Å²) < 4.78 is 5.33. The number of thiocarbonyl (C=S) groups is 1. The standard InChI is InChI=1S/C15H22N2O2S/c1-2-3-4-5-9-19-11-14(18)17-13-8-6-7-12(10-13)15(16)20/h6-8,10H,2-5,9,11H2,1H3,(H2,16,20)(H,17,18). The van der Waals surface area contributed by atoms with Crippen molar-refractivity contribution in [2.45, 2.75) is 32.6 Å². The maximum Gasteiger partial charge on any atom is 0.250 e. The monoisotopic (exact) mass is 294 g/mol. The number of rotatable bonds is 9. The third kappa shape index (κ3) is 6.63. The molecular formula is C15H22N2O2S. The van der Waals surface area contributed by atoms with Crippen LogP contribution in [0.5, 0.6) is 0 Å². The van der Waals surface area contributed by atoms with Crippen molar-refractivity contribution >= 4 is 28.8 Å².